The number of anilines is 3. The van der Waals surface area contributed by atoms with Gasteiger partial charge in [0.05, 0.1) is 25.9 Å². The van der Waals surface area contributed by atoms with Gasteiger partial charge < -0.3 is 10.2 Å². The summed E-state index contributed by atoms with van der Waals surface area (Å²) in [5, 5.41) is 5.62. The van der Waals surface area contributed by atoms with Crippen LogP contribution in [0.25, 0.3) is 22.4 Å². The topological polar surface area (TPSA) is 19.1 Å². The molecule has 6 rings (SSSR count). The van der Waals surface area contributed by atoms with Crippen molar-refractivity contribution in [3.05, 3.63) is 162 Å². The highest BCUT2D eigenvalue weighted by Gasteiger charge is 2.44. The van der Waals surface area contributed by atoms with E-state index in [-0.39, 0.29) is 11.5 Å². The van der Waals surface area contributed by atoms with Crippen molar-refractivity contribution in [2.24, 2.45) is 5.41 Å². The first-order chi connectivity index (χ1) is 29.9. The van der Waals surface area contributed by atoms with E-state index in [9.17, 15) is 0 Å². The van der Waals surface area contributed by atoms with E-state index in [0.29, 0.717) is 23.7 Å². The average molecular weight is 857 g/mol. The van der Waals surface area contributed by atoms with Gasteiger partial charge in [-0.2, -0.15) is 4.57 Å². The Morgan fingerprint density at radius 1 is 0.810 bits per heavy atom. The van der Waals surface area contributed by atoms with Gasteiger partial charge >= 0.3 is 0 Å². The molecule has 3 atom stereocenters. The number of hydrogen-bond acceptors (Lipinski definition) is 2. The van der Waals surface area contributed by atoms with Crippen molar-refractivity contribution in [2.75, 3.05) is 17.3 Å². The summed E-state index contributed by atoms with van der Waals surface area (Å²) in [4.78, 5) is 2.35. The summed E-state index contributed by atoms with van der Waals surface area (Å²) in [6, 6.07) is 36.4. The fraction of sp³-hybridized carbons (Fsp3) is 0.407. The van der Waals surface area contributed by atoms with E-state index in [0.717, 1.165) is 49.2 Å². The number of para-hydroxylation sites is 2. The van der Waals surface area contributed by atoms with Gasteiger partial charge in [-0.3, -0.25) is 0 Å². The molecule has 3 nitrogen and oxygen atoms in total. The Hall–Kier alpha value is -4.93. The first kappa shape index (κ1) is 47.5. The maximum Gasteiger partial charge on any atom is 0.213 e. The number of pyridine rings is 1. The van der Waals surface area contributed by atoms with E-state index in [1.54, 1.807) is 10.8 Å². The molecular weight excluding hydrogens is 779 g/mol. The first-order valence-corrected chi connectivity index (χ1v) is 27.4. The number of benzene rings is 4. The molecule has 0 saturated carbocycles. The van der Waals surface area contributed by atoms with Crippen molar-refractivity contribution in [2.45, 2.75) is 144 Å². The summed E-state index contributed by atoms with van der Waals surface area (Å²) in [5.74, 6) is 1.41. The molecular formula is C59H78N3Si+. The Morgan fingerprint density at radius 3 is 2.02 bits per heavy atom. The Bertz CT molecular complexity index is 2400. The number of nitrogens with zero attached hydrogens (tertiary/aromatic N) is 2. The molecule has 1 aliphatic heterocycles. The van der Waals surface area contributed by atoms with E-state index in [4.69, 9.17) is 6.58 Å². The number of allylic oxidation sites excluding steroid dienone is 4. The van der Waals surface area contributed by atoms with Gasteiger partial charge in [0.15, 0.2) is 12.2 Å². The van der Waals surface area contributed by atoms with E-state index in [2.05, 4.69) is 226 Å². The van der Waals surface area contributed by atoms with Gasteiger partial charge in [-0.1, -0.05) is 179 Å². The van der Waals surface area contributed by atoms with Gasteiger partial charge in [-0.25, -0.2) is 0 Å². The molecule has 4 heteroatoms. The van der Waals surface area contributed by atoms with Crippen LogP contribution in [0, 0.1) is 5.41 Å². The number of fused-ring (bicyclic) bond motifs is 3. The summed E-state index contributed by atoms with van der Waals surface area (Å²) in [5.41, 5.74) is 16.8. The molecule has 0 bridgehead atoms. The quantitative estimate of drug-likeness (QED) is 0.0538. The summed E-state index contributed by atoms with van der Waals surface area (Å²) in [7, 11) is 0.429. The van der Waals surface area contributed by atoms with E-state index >= 15 is 0 Å². The van der Waals surface area contributed by atoms with Crippen LogP contribution >= 0.6 is 0 Å². The van der Waals surface area contributed by atoms with Gasteiger partial charge in [0.25, 0.3) is 0 Å². The molecule has 5 aromatic rings. The molecule has 3 unspecified atom stereocenters. The zero-order valence-electron chi connectivity index (χ0n) is 41.2. The molecule has 1 aromatic heterocycles. The maximum atomic E-state index is 4.93. The fourth-order valence-corrected chi connectivity index (χ4v) is 11.8. The second-order valence-electron chi connectivity index (χ2n) is 20.4. The van der Waals surface area contributed by atoms with Crippen molar-refractivity contribution in [3.63, 3.8) is 0 Å². The smallest absolute Gasteiger partial charge is 0.213 e. The zero-order valence-corrected chi connectivity index (χ0v) is 42.2. The van der Waals surface area contributed by atoms with Crippen LogP contribution in [0.1, 0.15) is 146 Å². The lowest BCUT2D eigenvalue weighted by molar-refractivity contribution is -0.717. The fourth-order valence-electron chi connectivity index (χ4n) is 10.1. The van der Waals surface area contributed by atoms with Crippen molar-refractivity contribution in [3.8, 4) is 22.4 Å². The highest BCUT2D eigenvalue weighted by atomic mass is 28.3. The first-order valence-electron chi connectivity index (χ1n) is 23.9. The van der Waals surface area contributed by atoms with E-state index in [1.807, 2.05) is 0 Å². The number of hydrogen-bond donors (Lipinski definition) is 1. The molecule has 1 aliphatic rings. The van der Waals surface area contributed by atoms with Crippen LogP contribution in [0.3, 0.4) is 0 Å². The van der Waals surface area contributed by atoms with Crippen molar-refractivity contribution in [1.82, 2.24) is 0 Å². The Balaban J connectivity index is 1.46. The standard InChI is InChI=1S/C59H78N3Si/c1-16-26-42(8)33-34-49-47-29-22-23-30-48(47)56-38-52(44(10)59(11,17-2)18-3)57(63(13,14)15)39-62(56)55(49)35-43(9)61(12)54-32-25-24-31-53(54)60-58-50(40(4)5)36-46(37-51(58)41(6)7)45-27-20-19-21-28-45/h16,19-32,36-41,44,49,55,60H,8-9,17-18,33-35H2,1-7,10-15H3/q+1/b26-16-. The van der Waals surface area contributed by atoms with E-state index < -0.39 is 8.07 Å². The minimum absolute atomic E-state index is 0.178. The summed E-state index contributed by atoms with van der Waals surface area (Å²) >= 11 is 0. The number of rotatable bonds is 18. The molecule has 63 heavy (non-hydrogen) atoms. The highest BCUT2D eigenvalue weighted by molar-refractivity contribution is 6.89. The maximum absolute atomic E-state index is 4.93. The van der Waals surface area contributed by atoms with Crippen LogP contribution in [-0.4, -0.2) is 15.1 Å². The monoisotopic (exact) mass is 857 g/mol. The largest absolute Gasteiger partial charge is 0.353 e. The molecule has 0 saturated heterocycles. The average Bonchev–Trinajstić information content (AvgIpc) is 3.27. The van der Waals surface area contributed by atoms with Gasteiger partial charge in [0.1, 0.15) is 0 Å². The minimum atomic E-state index is -1.79. The Kier molecular flexibility index (Phi) is 15.0. The summed E-state index contributed by atoms with van der Waals surface area (Å²) < 4.78 is 2.70. The van der Waals surface area contributed by atoms with Gasteiger partial charge in [-0.05, 0) is 107 Å². The summed E-state index contributed by atoms with van der Waals surface area (Å²) in [6.07, 6.45) is 12.0. The van der Waals surface area contributed by atoms with Crippen LogP contribution in [0.4, 0.5) is 17.1 Å². The van der Waals surface area contributed by atoms with Gasteiger partial charge in [0.2, 0.25) is 5.69 Å². The lowest BCUT2D eigenvalue weighted by Crippen LogP contribution is -2.54. The molecule has 332 valence electrons. The Labute approximate surface area is 384 Å². The second kappa shape index (κ2) is 19.8. The van der Waals surface area contributed by atoms with Crippen molar-refractivity contribution >= 4 is 30.3 Å². The van der Waals surface area contributed by atoms with Crippen LogP contribution < -0.4 is 20.0 Å². The normalized spacial score (nSPS) is 15.7. The zero-order chi connectivity index (χ0) is 45.8. The molecule has 0 aliphatic carbocycles. The van der Waals surface area contributed by atoms with Crippen LogP contribution in [-0.2, 0) is 0 Å². The molecule has 0 amide bonds. The third-order valence-electron chi connectivity index (χ3n) is 14.7. The lowest BCUT2D eigenvalue weighted by atomic mass is 9.70. The van der Waals surface area contributed by atoms with E-state index in [1.165, 1.54) is 50.3 Å². The second-order valence-corrected chi connectivity index (χ2v) is 25.4. The minimum Gasteiger partial charge on any atom is -0.353 e. The lowest BCUT2D eigenvalue weighted by Gasteiger charge is -2.38. The predicted octanol–water partition coefficient (Wildman–Crippen LogP) is 16.4. The number of nitrogens with one attached hydrogen (secondary N) is 1. The van der Waals surface area contributed by atoms with Gasteiger partial charge in [-0.15, -0.1) is 0 Å². The highest BCUT2D eigenvalue weighted by Crippen LogP contribution is 2.47. The SMILES string of the molecule is C=C(/C=C\C)CCC1c2ccccc2-c2cc(C(C)C(C)(CC)CC)c([Si](C)(C)C)c[n+]2C1CC(=C)N(C)c1ccccc1Nc1c(C(C)C)cc(-c2ccccc2)cc1C(C)C. The predicted molar refractivity (Wildman–Crippen MR) is 279 cm³/mol. The molecule has 0 radical (unpaired) electrons. The van der Waals surface area contributed by atoms with Crippen molar-refractivity contribution in [1.29, 1.82) is 0 Å². The van der Waals surface area contributed by atoms with Crippen LogP contribution in [0.2, 0.25) is 19.6 Å². The third kappa shape index (κ3) is 10.1. The van der Waals surface area contributed by atoms with Crippen molar-refractivity contribution < 1.29 is 4.57 Å². The van der Waals surface area contributed by atoms with Crippen LogP contribution in [0.5, 0.6) is 0 Å². The molecule has 0 spiro atoms. The third-order valence-corrected chi connectivity index (χ3v) is 16.8. The van der Waals surface area contributed by atoms with Crippen LogP contribution in [0.15, 0.2) is 140 Å². The molecule has 1 N–H and O–H groups in total. The Morgan fingerprint density at radius 2 is 1.41 bits per heavy atom. The number of aromatic nitrogens is 1. The molecule has 2 heterocycles. The molecule has 4 aromatic carbocycles. The van der Waals surface area contributed by atoms with Gasteiger partial charge in [0, 0.05) is 41.2 Å². The summed E-state index contributed by atoms with van der Waals surface area (Å²) in [6.45, 7) is 38.1. The molecule has 0 fully saturated rings.